The van der Waals surface area contributed by atoms with Gasteiger partial charge in [0.1, 0.15) is 0 Å². The van der Waals surface area contributed by atoms with Crippen LogP contribution in [0.3, 0.4) is 0 Å². The first-order valence-corrected chi connectivity index (χ1v) is 8.93. The van der Waals surface area contributed by atoms with E-state index in [2.05, 4.69) is 108 Å². The Morgan fingerprint density at radius 1 is 0.652 bits per heavy atom. The summed E-state index contributed by atoms with van der Waals surface area (Å²) >= 11 is 2.34. The van der Waals surface area contributed by atoms with Crippen molar-refractivity contribution in [2.75, 3.05) is 6.54 Å². The van der Waals surface area contributed by atoms with Crippen molar-refractivity contribution in [2.45, 2.75) is 11.8 Å². The first-order chi connectivity index (χ1) is 11.3. The van der Waals surface area contributed by atoms with Crippen LogP contribution >= 0.6 is 22.6 Å². The highest BCUT2D eigenvalue weighted by Crippen LogP contribution is 2.37. The van der Waals surface area contributed by atoms with Gasteiger partial charge in [-0.15, -0.1) is 0 Å². The van der Waals surface area contributed by atoms with Crippen LogP contribution in [0, 0.1) is 3.57 Å². The molecule has 0 saturated heterocycles. The minimum Gasteiger partial charge on any atom is -0.330 e. The van der Waals surface area contributed by atoms with Crippen LogP contribution in [0.2, 0.25) is 0 Å². The molecule has 0 aromatic heterocycles. The van der Waals surface area contributed by atoms with Crippen LogP contribution in [-0.4, -0.2) is 6.54 Å². The molecule has 2 N–H and O–H groups in total. The molecule has 0 amide bonds. The Bertz CT molecular complexity index is 683. The third kappa shape index (κ3) is 3.82. The van der Waals surface area contributed by atoms with Gasteiger partial charge in [-0.3, -0.25) is 0 Å². The first kappa shape index (κ1) is 16.2. The van der Waals surface area contributed by atoms with Crippen molar-refractivity contribution in [3.63, 3.8) is 0 Å². The predicted molar refractivity (Wildman–Crippen MR) is 106 cm³/mol. The molecule has 0 fully saturated rings. The molecule has 0 saturated carbocycles. The Kier molecular flexibility index (Phi) is 5.47. The number of rotatable bonds is 5. The lowest BCUT2D eigenvalue weighted by molar-refractivity contribution is 0.613. The van der Waals surface area contributed by atoms with Gasteiger partial charge in [0.25, 0.3) is 0 Å². The third-order valence-corrected chi connectivity index (χ3v) is 4.99. The zero-order valence-corrected chi connectivity index (χ0v) is 15.1. The number of hydrogen-bond donors (Lipinski definition) is 1. The average Bonchev–Trinajstić information content (AvgIpc) is 2.62. The molecule has 3 aromatic carbocycles. The summed E-state index contributed by atoms with van der Waals surface area (Å²) in [5.41, 5.74) is 10.1. The lowest BCUT2D eigenvalue weighted by Gasteiger charge is -2.28. The maximum Gasteiger partial charge on any atom is 0.0170 e. The molecule has 3 rings (SSSR count). The predicted octanol–water partition coefficient (Wildman–Crippen LogP) is 5.17. The highest BCUT2D eigenvalue weighted by Gasteiger charge is 2.25. The van der Waals surface area contributed by atoms with E-state index in [1.54, 1.807) is 0 Å². The summed E-state index contributed by atoms with van der Waals surface area (Å²) < 4.78 is 1.25. The van der Waals surface area contributed by atoms with Gasteiger partial charge in [0, 0.05) is 22.0 Å². The van der Waals surface area contributed by atoms with E-state index in [1.165, 1.54) is 20.3 Å². The molecule has 1 atom stereocenters. The monoisotopic (exact) mass is 413 g/mol. The molecular formula is C21H20IN. The molecule has 0 bridgehead atoms. The maximum absolute atomic E-state index is 6.22. The van der Waals surface area contributed by atoms with Crippen LogP contribution in [0.15, 0.2) is 84.9 Å². The van der Waals surface area contributed by atoms with Crippen molar-refractivity contribution < 1.29 is 0 Å². The number of hydrogen-bond acceptors (Lipinski definition) is 1. The Morgan fingerprint density at radius 2 is 1.13 bits per heavy atom. The molecule has 0 aliphatic heterocycles. The van der Waals surface area contributed by atoms with Crippen LogP contribution in [0.5, 0.6) is 0 Å². The van der Waals surface area contributed by atoms with Crippen LogP contribution < -0.4 is 5.73 Å². The number of benzene rings is 3. The molecular weight excluding hydrogens is 393 g/mol. The van der Waals surface area contributed by atoms with Crippen molar-refractivity contribution in [3.05, 3.63) is 105 Å². The fourth-order valence-corrected chi connectivity index (χ4v) is 3.51. The Labute approximate surface area is 151 Å². The van der Waals surface area contributed by atoms with E-state index in [9.17, 15) is 0 Å². The largest absolute Gasteiger partial charge is 0.330 e. The molecule has 116 valence electrons. The second-order valence-electron chi connectivity index (χ2n) is 5.69. The Morgan fingerprint density at radius 3 is 1.57 bits per heavy atom. The van der Waals surface area contributed by atoms with Gasteiger partial charge in [0.15, 0.2) is 0 Å². The van der Waals surface area contributed by atoms with Crippen molar-refractivity contribution in [2.24, 2.45) is 5.73 Å². The highest BCUT2D eigenvalue weighted by molar-refractivity contribution is 14.1. The normalized spacial score (nSPS) is 12.3. The minimum absolute atomic E-state index is 0.261. The lowest BCUT2D eigenvalue weighted by atomic mass is 9.77. The third-order valence-electron chi connectivity index (χ3n) is 4.27. The number of halogens is 1. The van der Waals surface area contributed by atoms with Gasteiger partial charge in [0.2, 0.25) is 0 Å². The summed E-state index contributed by atoms with van der Waals surface area (Å²) in [7, 11) is 0. The molecule has 0 aliphatic rings. The second kappa shape index (κ2) is 7.75. The zero-order valence-electron chi connectivity index (χ0n) is 12.9. The van der Waals surface area contributed by atoms with E-state index in [4.69, 9.17) is 5.73 Å². The minimum atomic E-state index is 0.261. The van der Waals surface area contributed by atoms with E-state index < -0.39 is 0 Å². The molecule has 0 aliphatic carbocycles. The molecule has 3 aromatic rings. The van der Waals surface area contributed by atoms with Crippen molar-refractivity contribution >= 4 is 22.6 Å². The van der Waals surface area contributed by atoms with Gasteiger partial charge in [-0.25, -0.2) is 0 Å². The van der Waals surface area contributed by atoms with E-state index in [0.717, 1.165) is 0 Å². The summed E-state index contributed by atoms with van der Waals surface area (Å²) in [4.78, 5) is 0. The summed E-state index contributed by atoms with van der Waals surface area (Å²) in [6, 6.07) is 30.1. The molecule has 23 heavy (non-hydrogen) atoms. The Balaban J connectivity index is 2.08. The van der Waals surface area contributed by atoms with E-state index >= 15 is 0 Å². The van der Waals surface area contributed by atoms with Crippen molar-refractivity contribution in [1.29, 1.82) is 0 Å². The highest BCUT2D eigenvalue weighted by atomic mass is 127. The van der Waals surface area contributed by atoms with Crippen LogP contribution in [-0.2, 0) is 0 Å². The first-order valence-electron chi connectivity index (χ1n) is 7.85. The molecule has 1 nitrogen and oxygen atoms in total. The van der Waals surface area contributed by atoms with Crippen molar-refractivity contribution in [1.82, 2.24) is 0 Å². The van der Waals surface area contributed by atoms with E-state index in [1.807, 2.05) is 0 Å². The fraction of sp³-hybridized carbons (Fsp3) is 0.143. The summed E-state index contributed by atoms with van der Waals surface area (Å²) in [6.07, 6.45) is 0. The topological polar surface area (TPSA) is 26.0 Å². The summed E-state index contributed by atoms with van der Waals surface area (Å²) in [5.74, 6) is 0.527. The van der Waals surface area contributed by atoms with Gasteiger partial charge < -0.3 is 5.73 Å². The van der Waals surface area contributed by atoms with E-state index in [-0.39, 0.29) is 11.8 Å². The average molecular weight is 413 g/mol. The van der Waals surface area contributed by atoms with Gasteiger partial charge >= 0.3 is 0 Å². The van der Waals surface area contributed by atoms with Gasteiger partial charge in [-0.05, 0) is 51.4 Å². The standard InChI is InChI=1S/C21H20IN/c22-19-13-11-16(12-14-19)20(15-23)21(17-7-3-1-4-8-17)18-9-5-2-6-10-18/h1-14,20-21H,15,23H2. The van der Waals surface area contributed by atoms with E-state index in [0.29, 0.717) is 6.54 Å². The van der Waals surface area contributed by atoms with Gasteiger partial charge in [0.05, 0.1) is 0 Å². The van der Waals surface area contributed by atoms with Gasteiger partial charge in [-0.1, -0.05) is 72.8 Å². The number of nitrogens with two attached hydrogens (primary N) is 1. The molecule has 0 radical (unpaired) electrons. The summed E-state index contributed by atoms with van der Waals surface area (Å²) in [5, 5.41) is 0. The van der Waals surface area contributed by atoms with Crippen LogP contribution in [0.4, 0.5) is 0 Å². The van der Waals surface area contributed by atoms with Gasteiger partial charge in [-0.2, -0.15) is 0 Å². The molecule has 0 heterocycles. The second-order valence-corrected chi connectivity index (χ2v) is 6.94. The summed E-state index contributed by atoms with van der Waals surface area (Å²) in [6.45, 7) is 0.620. The quantitative estimate of drug-likeness (QED) is 0.575. The Hall–Kier alpha value is -1.65. The zero-order chi connectivity index (χ0) is 16.1. The molecule has 2 heteroatoms. The SMILES string of the molecule is NCC(c1ccc(I)cc1)C(c1ccccc1)c1ccccc1. The van der Waals surface area contributed by atoms with Crippen molar-refractivity contribution in [3.8, 4) is 0 Å². The molecule has 0 spiro atoms. The fourth-order valence-electron chi connectivity index (χ4n) is 3.15. The lowest BCUT2D eigenvalue weighted by Crippen LogP contribution is -2.21. The smallest absolute Gasteiger partial charge is 0.0170 e. The van der Waals surface area contributed by atoms with Crippen LogP contribution in [0.1, 0.15) is 28.5 Å². The maximum atomic E-state index is 6.22. The molecule has 1 unspecified atom stereocenters. The van der Waals surface area contributed by atoms with Crippen LogP contribution in [0.25, 0.3) is 0 Å².